The van der Waals surface area contributed by atoms with Gasteiger partial charge in [0.15, 0.2) is 6.29 Å². The molecule has 3 heteroatoms. The van der Waals surface area contributed by atoms with Crippen molar-refractivity contribution in [3.8, 4) is 0 Å². The summed E-state index contributed by atoms with van der Waals surface area (Å²) in [6, 6.07) is 7.76. The summed E-state index contributed by atoms with van der Waals surface area (Å²) < 4.78 is 12.0. The molecule has 1 aliphatic carbocycles. The second kappa shape index (κ2) is 9.03. The molecule has 0 radical (unpaired) electrons. The van der Waals surface area contributed by atoms with Crippen LogP contribution < -0.4 is 0 Å². The molecular formula is C21H29ClO2. The van der Waals surface area contributed by atoms with Crippen molar-refractivity contribution in [3.63, 3.8) is 0 Å². The SMILES string of the molecule is CCCC=CC1CCC(C2COC(c3ccc(Cl)cc3)OC2)CC1. The summed E-state index contributed by atoms with van der Waals surface area (Å²) in [7, 11) is 0. The molecule has 1 saturated heterocycles. The van der Waals surface area contributed by atoms with E-state index in [9.17, 15) is 0 Å². The fraction of sp³-hybridized carbons (Fsp3) is 0.619. The van der Waals surface area contributed by atoms with E-state index in [0.717, 1.165) is 35.6 Å². The molecule has 1 aromatic carbocycles. The summed E-state index contributed by atoms with van der Waals surface area (Å²) in [5.74, 6) is 2.10. The number of allylic oxidation sites excluding steroid dienone is 2. The Bertz CT molecular complexity index is 509. The van der Waals surface area contributed by atoms with E-state index in [0.29, 0.717) is 5.92 Å². The Morgan fingerprint density at radius 3 is 2.29 bits per heavy atom. The summed E-state index contributed by atoms with van der Waals surface area (Å²) in [6.45, 7) is 3.87. The number of unbranched alkanes of at least 4 members (excludes halogenated alkanes) is 1. The highest BCUT2D eigenvalue weighted by Crippen LogP contribution is 2.37. The fourth-order valence-corrected chi connectivity index (χ4v) is 3.99. The summed E-state index contributed by atoms with van der Waals surface area (Å²) >= 11 is 5.94. The van der Waals surface area contributed by atoms with E-state index >= 15 is 0 Å². The van der Waals surface area contributed by atoms with Gasteiger partial charge in [0, 0.05) is 16.5 Å². The third-order valence-electron chi connectivity index (χ3n) is 5.41. The first-order valence-electron chi connectivity index (χ1n) is 9.41. The predicted octanol–water partition coefficient (Wildman–Crippen LogP) is 6.16. The Balaban J connectivity index is 1.43. The second-order valence-electron chi connectivity index (χ2n) is 7.20. The van der Waals surface area contributed by atoms with E-state index in [1.54, 1.807) is 0 Å². The van der Waals surface area contributed by atoms with Crippen LogP contribution in [0.15, 0.2) is 36.4 Å². The summed E-state index contributed by atoms with van der Waals surface area (Å²) in [5.41, 5.74) is 1.06. The number of hydrogen-bond donors (Lipinski definition) is 0. The minimum Gasteiger partial charge on any atom is -0.348 e. The average Bonchev–Trinajstić information content (AvgIpc) is 2.63. The van der Waals surface area contributed by atoms with Gasteiger partial charge in [-0.05, 0) is 56.1 Å². The van der Waals surface area contributed by atoms with Crippen LogP contribution in [0.25, 0.3) is 0 Å². The molecule has 0 amide bonds. The Kier molecular flexibility index (Phi) is 6.76. The molecule has 0 N–H and O–H groups in total. The molecule has 132 valence electrons. The van der Waals surface area contributed by atoms with Crippen LogP contribution in [0.1, 0.15) is 57.3 Å². The Morgan fingerprint density at radius 2 is 1.67 bits per heavy atom. The van der Waals surface area contributed by atoms with E-state index in [1.165, 1.54) is 38.5 Å². The summed E-state index contributed by atoms with van der Waals surface area (Å²) in [4.78, 5) is 0. The zero-order valence-corrected chi connectivity index (χ0v) is 15.4. The molecule has 0 unspecified atom stereocenters. The number of rotatable bonds is 5. The van der Waals surface area contributed by atoms with E-state index in [4.69, 9.17) is 21.1 Å². The largest absolute Gasteiger partial charge is 0.348 e. The molecule has 2 nitrogen and oxygen atoms in total. The predicted molar refractivity (Wildman–Crippen MR) is 99.1 cm³/mol. The van der Waals surface area contributed by atoms with Gasteiger partial charge in [-0.2, -0.15) is 0 Å². The van der Waals surface area contributed by atoms with Gasteiger partial charge in [0.1, 0.15) is 0 Å². The molecule has 1 saturated carbocycles. The quantitative estimate of drug-likeness (QED) is 0.593. The second-order valence-corrected chi connectivity index (χ2v) is 7.64. The van der Waals surface area contributed by atoms with Crippen molar-refractivity contribution < 1.29 is 9.47 Å². The Labute approximate surface area is 151 Å². The highest BCUT2D eigenvalue weighted by Gasteiger charge is 2.31. The topological polar surface area (TPSA) is 18.5 Å². The van der Waals surface area contributed by atoms with Gasteiger partial charge >= 0.3 is 0 Å². The molecule has 0 aromatic heterocycles. The molecule has 1 heterocycles. The van der Waals surface area contributed by atoms with Crippen molar-refractivity contribution in [1.82, 2.24) is 0 Å². The molecule has 3 rings (SSSR count). The first kappa shape index (κ1) is 18.0. The fourth-order valence-electron chi connectivity index (χ4n) is 3.87. The lowest BCUT2D eigenvalue weighted by molar-refractivity contribution is -0.214. The van der Waals surface area contributed by atoms with Gasteiger partial charge in [0.05, 0.1) is 13.2 Å². The van der Waals surface area contributed by atoms with Gasteiger partial charge in [0.2, 0.25) is 0 Å². The van der Waals surface area contributed by atoms with Crippen molar-refractivity contribution in [1.29, 1.82) is 0 Å². The first-order valence-corrected chi connectivity index (χ1v) is 9.79. The highest BCUT2D eigenvalue weighted by atomic mass is 35.5. The normalized spacial score (nSPS) is 31.4. The Morgan fingerprint density at radius 1 is 1.00 bits per heavy atom. The van der Waals surface area contributed by atoms with Crippen LogP contribution in [-0.2, 0) is 9.47 Å². The van der Waals surface area contributed by atoms with Crippen LogP contribution in [-0.4, -0.2) is 13.2 Å². The zero-order chi connectivity index (χ0) is 16.8. The summed E-state index contributed by atoms with van der Waals surface area (Å²) in [5, 5.41) is 0.747. The molecule has 24 heavy (non-hydrogen) atoms. The van der Waals surface area contributed by atoms with Crippen LogP contribution in [0.4, 0.5) is 0 Å². The van der Waals surface area contributed by atoms with Crippen molar-refractivity contribution in [2.45, 2.75) is 51.7 Å². The van der Waals surface area contributed by atoms with Gasteiger partial charge in [0.25, 0.3) is 0 Å². The van der Waals surface area contributed by atoms with E-state index in [1.807, 2.05) is 24.3 Å². The molecule has 2 fully saturated rings. The maximum absolute atomic E-state index is 6.00. The molecule has 0 bridgehead atoms. The lowest BCUT2D eigenvalue weighted by Gasteiger charge is -2.37. The molecule has 0 atom stereocenters. The third kappa shape index (κ3) is 4.84. The zero-order valence-electron chi connectivity index (χ0n) is 14.6. The smallest absolute Gasteiger partial charge is 0.183 e. The molecule has 1 aliphatic heterocycles. The third-order valence-corrected chi connectivity index (χ3v) is 5.66. The van der Waals surface area contributed by atoms with Crippen molar-refractivity contribution >= 4 is 11.6 Å². The molecule has 1 aromatic rings. The van der Waals surface area contributed by atoms with Crippen LogP contribution in [0.3, 0.4) is 0 Å². The standard InChI is InChI=1S/C21H29ClO2/c1-2-3-4-5-16-6-8-17(9-7-16)19-14-23-21(24-15-19)18-10-12-20(22)13-11-18/h4-5,10-13,16-17,19,21H,2-3,6-9,14-15H2,1H3. The lowest BCUT2D eigenvalue weighted by atomic mass is 9.76. The van der Waals surface area contributed by atoms with Crippen LogP contribution in [0.2, 0.25) is 5.02 Å². The van der Waals surface area contributed by atoms with Crippen molar-refractivity contribution in [3.05, 3.63) is 47.0 Å². The molecule has 2 aliphatic rings. The molecular weight excluding hydrogens is 320 g/mol. The van der Waals surface area contributed by atoms with E-state index < -0.39 is 0 Å². The minimum atomic E-state index is -0.230. The van der Waals surface area contributed by atoms with Gasteiger partial charge in [-0.15, -0.1) is 0 Å². The summed E-state index contributed by atoms with van der Waals surface area (Å²) in [6.07, 6.45) is 12.3. The number of ether oxygens (including phenoxy) is 2. The van der Waals surface area contributed by atoms with Gasteiger partial charge in [-0.1, -0.05) is 49.2 Å². The van der Waals surface area contributed by atoms with E-state index in [2.05, 4.69) is 19.1 Å². The van der Waals surface area contributed by atoms with Crippen molar-refractivity contribution in [2.24, 2.45) is 17.8 Å². The van der Waals surface area contributed by atoms with Gasteiger partial charge < -0.3 is 9.47 Å². The first-order chi connectivity index (χ1) is 11.8. The maximum atomic E-state index is 6.00. The van der Waals surface area contributed by atoms with Gasteiger partial charge in [-0.3, -0.25) is 0 Å². The van der Waals surface area contributed by atoms with Crippen LogP contribution >= 0.6 is 11.6 Å². The number of halogens is 1. The monoisotopic (exact) mass is 348 g/mol. The lowest BCUT2D eigenvalue weighted by Crippen LogP contribution is -2.34. The highest BCUT2D eigenvalue weighted by molar-refractivity contribution is 6.30. The van der Waals surface area contributed by atoms with Crippen LogP contribution in [0, 0.1) is 17.8 Å². The molecule has 0 spiro atoms. The van der Waals surface area contributed by atoms with Crippen molar-refractivity contribution in [2.75, 3.05) is 13.2 Å². The van der Waals surface area contributed by atoms with E-state index in [-0.39, 0.29) is 6.29 Å². The number of benzene rings is 1. The maximum Gasteiger partial charge on any atom is 0.183 e. The Hall–Kier alpha value is -0.830. The number of hydrogen-bond acceptors (Lipinski definition) is 2. The van der Waals surface area contributed by atoms with Gasteiger partial charge in [-0.25, -0.2) is 0 Å². The van der Waals surface area contributed by atoms with Crippen LogP contribution in [0.5, 0.6) is 0 Å². The average molecular weight is 349 g/mol. The minimum absolute atomic E-state index is 0.230.